The van der Waals surface area contributed by atoms with E-state index < -0.39 is 5.97 Å². The van der Waals surface area contributed by atoms with Crippen LogP contribution in [0.4, 0.5) is 0 Å². The number of rotatable bonds is 2. The molecule has 2 rings (SSSR count). The van der Waals surface area contributed by atoms with E-state index in [1.165, 1.54) is 6.07 Å². The average molecular weight is 232 g/mol. The van der Waals surface area contributed by atoms with E-state index in [1.54, 1.807) is 13.0 Å². The highest BCUT2D eigenvalue weighted by molar-refractivity contribution is 5.87. The van der Waals surface area contributed by atoms with Gasteiger partial charge >= 0.3 is 5.97 Å². The van der Waals surface area contributed by atoms with Crippen molar-refractivity contribution in [3.8, 4) is 17.0 Å². The number of hydrogen-bond acceptors (Lipinski definition) is 3. The van der Waals surface area contributed by atoms with Gasteiger partial charge in [0.2, 0.25) is 0 Å². The molecule has 0 amide bonds. The maximum Gasteiger partial charge on any atom is 0.353 e. The summed E-state index contributed by atoms with van der Waals surface area (Å²) in [6.45, 7) is 3.69. The predicted molar refractivity (Wildman–Crippen MR) is 62.1 cm³/mol. The average Bonchev–Trinajstić information content (AvgIpc) is 2.72. The second kappa shape index (κ2) is 3.93. The Bertz CT molecular complexity index is 587. The number of carboxylic acids is 1. The Kier molecular flexibility index (Phi) is 2.59. The summed E-state index contributed by atoms with van der Waals surface area (Å²) in [5.74, 6) is -0.952. The molecule has 0 bridgehead atoms. The fraction of sp³-hybridized carbons (Fsp3) is 0.167. The number of H-pyrrole nitrogens is 1. The third kappa shape index (κ3) is 1.99. The Balaban J connectivity index is 2.56. The van der Waals surface area contributed by atoms with E-state index in [0.29, 0.717) is 11.3 Å². The Morgan fingerprint density at radius 1 is 1.29 bits per heavy atom. The number of phenols is 1. The minimum absolute atomic E-state index is 0.00133. The molecule has 0 aliphatic heterocycles. The van der Waals surface area contributed by atoms with Crippen molar-refractivity contribution in [3.63, 3.8) is 0 Å². The number of benzene rings is 1. The number of aryl methyl sites for hydroxylation is 2. The Morgan fingerprint density at radius 3 is 2.59 bits per heavy atom. The molecule has 0 aliphatic rings. The first-order valence-corrected chi connectivity index (χ1v) is 5.08. The summed E-state index contributed by atoms with van der Waals surface area (Å²) >= 11 is 0. The minimum atomic E-state index is -1.08. The zero-order chi connectivity index (χ0) is 12.6. The molecule has 0 atom stereocenters. The van der Waals surface area contributed by atoms with Crippen molar-refractivity contribution in [1.82, 2.24) is 10.2 Å². The van der Waals surface area contributed by atoms with Crippen LogP contribution in [0.2, 0.25) is 0 Å². The third-order valence-electron chi connectivity index (χ3n) is 2.53. The van der Waals surface area contributed by atoms with Crippen LogP contribution in [-0.4, -0.2) is 26.4 Å². The minimum Gasteiger partial charge on any atom is -0.507 e. The number of aromatic carboxylic acids is 1. The van der Waals surface area contributed by atoms with E-state index in [2.05, 4.69) is 10.2 Å². The van der Waals surface area contributed by atoms with Gasteiger partial charge in [-0.05, 0) is 37.1 Å². The number of aromatic amines is 1. The number of hydrogen-bond donors (Lipinski definition) is 3. The fourth-order valence-corrected chi connectivity index (χ4v) is 1.72. The first-order chi connectivity index (χ1) is 7.99. The van der Waals surface area contributed by atoms with Gasteiger partial charge in [0.05, 0.1) is 5.69 Å². The molecule has 1 aromatic carbocycles. The highest BCUT2D eigenvalue weighted by atomic mass is 16.4. The number of nitrogens with zero attached hydrogens (tertiary/aromatic N) is 1. The lowest BCUT2D eigenvalue weighted by molar-refractivity contribution is 0.0690. The van der Waals surface area contributed by atoms with Gasteiger partial charge in [0.1, 0.15) is 11.4 Å². The first kappa shape index (κ1) is 11.2. The van der Waals surface area contributed by atoms with Crippen LogP contribution in [0, 0.1) is 13.8 Å². The molecule has 17 heavy (non-hydrogen) atoms. The normalized spacial score (nSPS) is 10.5. The molecule has 0 radical (unpaired) electrons. The number of aromatic hydroxyl groups is 1. The van der Waals surface area contributed by atoms with E-state index in [-0.39, 0.29) is 11.4 Å². The van der Waals surface area contributed by atoms with Gasteiger partial charge in [-0.2, -0.15) is 5.10 Å². The van der Waals surface area contributed by atoms with Crippen LogP contribution >= 0.6 is 0 Å². The second-order valence-electron chi connectivity index (χ2n) is 3.95. The molecule has 0 saturated heterocycles. The van der Waals surface area contributed by atoms with Crippen LogP contribution in [0.15, 0.2) is 18.2 Å². The van der Waals surface area contributed by atoms with Crippen molar-refractivity contribution in [2.45, 2.75) is 13.8 Å². The van der Waals surface area contributed by atoms with Crippen molar-refractivity contribution in [3.05, 3.63) is 35.0 Å². The predicted octanol–water partition coefficient (Wildman–Crippen LogP) is 2.10. The van der Waals surface area contributed by atoms with Gasteiger partial charge < -0.3 is 10.2 Å². The summed E-state index contributed by atoms with van der Waals surface area (Å²) in [6.07, 6.45) is 0. The monoisotopic (exact) mass is 232 g/mol. The summed E-state index contributed by atoms with van der Waals surface area (Å²) in [6, 6.07) is 5.02. The Labute approximate surface area is 97.7 Å². The second-order valence-corrected chi connectivity index (χ2v) is 3.95. The Morgan fingerprint density at radius 2 is 2.00 bits per heavy atom. The molecule has 0 unspecified atom stereocenters. The Hall–Kier alpha value is -2.30. The van der Waals surface area contributed by atoms with Crippen LogP contribution in [0.25, 0.3) is 11.3 Å². The maximum absolute atomic E-state index is 10.7. The molecule has 2 aromatic rings. The van der Waals surface area contributed by atoms with Crippen LogP contribution in [0.3, 0.4) is 0 Å². The summed E-state index contributed by atoms with van der Waals surface area (Å²) < 4.78 is 0. The van der Waals surface area contributed by atoms with Crippen LogP contribution in [0.1, 0.15) is 21.6 Å². The van der Waals surface area contributed by atoms with E-state index in [4.69, 9.17) is 5.11 Å². The molecule has 0 aliphatic carbocycles. The van der Waals surface area contributed by atoms with Gasteiger partial charge in [0.15, 0.2) is 0 Å². The largest absolute Gasteiger partial charge is 0.507 e. The lowest BCUT2D eigenvalue weighted by Crippen LogP contribution is -1.95. The van der Waals surface area contributed by atoms with E-state index in [1.807, 2.05) is 13.0 Å². The summed E-state index contributed by atoms with van der Waals surface area (Å²) in [5, 5.41) is 25.0. The zero-order valence-electron chi connectivity index (χ0n) is 9.48. The van der Waals surface area contributed by atoms with Gasteiger partial charge in [-0.15, -0.1) is 0 Å². The van der Waals surface area contributed by atoms with E-state index in [0.717, 1.165) is 11.1 Å². The maximum atomic E-state index is 10.7. The fourth-order valence-electron chi connectivity index (χ4n) is 1.72. The molecule has 88 valence electrons. The van der Waals surface area contributed by atoms with E-state index in [9.17, 15) is 9.90 Å². The van der Waals surface area contributed by atoms with Gasteiger partial charge in [-0.3, -0.25) is 5.10 Å². The highest BCUT2D eigenvalue weighted by Gasteiger charge is 2.13. The zero-order valence-corrected chi connectivity index (χ0v) is 9.48. The SMILES string of the molecule is Cc1cc(C)c(O)c(-c2cc(C(=O)O)[nH]n2)c1. The molecule has 5 heteroatoms. The lowest BCUT2D eigenvalue weighted by atomic mass is 10.0. The quantitative estimate of drug-likeness (QED) is 0.740. The third-order valence-corrected chi connectivity index (χ3v) is 2.53. The molecule has 5 nitrogen and oxygen atoms in total. The number of aromatic nitrogens is 2. The van der Waals surface area contributed by atoms with Crippen LogP contribution in [0.5, 0.6) is 5.75 Å². The number of phenolic OH excluding ortho intramolecular Hbond substituents is 1. The van der Waals surface area contributed by atoms with Gasteiger partial charge in [0, 0.05) is 5.56 Å². The summed E-state index contributed by atoms with van der Waals surface area (Å²) in [4.78, 5) is 10.7. The van der Waals surface area contributed by atoms with Gasteiger partial charge in [-0.1, -0.05) is 6.07 Å². The first-order valence-electron chi connectivity index (χ1n) is 5.08. The highest BCUT2D eigenvalue weighted by Crippen LogP contribution is 2.32. The standard InChI is InChI=1S/C12H12N2O3/c1-6-3-7(2)11(15)8(4-6)9-5-10(12(16)17)14-13-9/h3-5,15H,1-2H3,(H,13,14)(H,16,17). The summed E-state index contributed by atoms with van der Waals surface area (Å²) in [5.41, 5.74) is 2.67. The van der Waals surface area contributed by atoms with Crippen molar-refractivity contribution in [1.29, 1.82) is 0 Å². The molecular weight excluding hydrogens is 220 g/mol. The smallest absolute Gasteiger partial charge is 0.353 e. The van der Waals surface area contributed by atoms with Crippen molar-refractivity contribution < 1.29 is 15.0 Å². The van der Waals surface area contributed by atoms with E-state index >= 15 is 0 Å². The number of carboxylic acid groups (broad SMARTS) is 1. The van der Waals surface area contributed by atoms with Crippen molar-refractivity contribution >= 4 is 5.97 Å². The topological polar surface area (TPSA) is 86.2 Å². The number of carbonyl (C=O) groups is 1. The molecular formula is C12H12N2O3. The molecule has 0 fully saturated rings. The molecule has 3 N–H and O–H groups in total. The van der Waals surface area contributed by atoms with Crippen LogP contribution in [-0.2, 0) is 0 Å². The molecule has 0 saturated carbocycles. The van der Waals surface area contributed by atoms with Gasteiger partial charge in [0.25, 0.3) is 0 Å². The van der Waals surface area contributed by atoms with Crippen LogP contribution < -0.4 is 0 Å². The van der Waals surface area contributed by atoms with Crippen molar-refractivity contribution in [2.24, 2.45) is 0 Å². The molecule has 0 spiro atoms. The summed E-state index contributed by atoms with van der Waals surface area (Å²) in [7, 11) is 0. The molecule has 1 heterocycles. The van der Waals surface area contributed by atoms with Crippen molar-refractivity contribution in [2.75, 3.05) is 0 Å². The lowest BCUT2D eigenvalue weighted by Gasteiger charge is -2.06. The molecule has 1 aromatic heterocycles. The number of nitrogens with one attached hydrogen (secondary N) is 1. The van der Waals surface area contributed by atoms with Gasteiger partial charge in [-0.25, -0.2) is 4.79 Å².